The highest BCUT2D eigenvalue weighted by Gasteiger charge is 2.02. The SMILES string of the molecule is Cc1ccnc(NCc2cnc(C)cc2O)c1. The highest BCUT2D eigenvalue weighted by atomic mass is 16.3. The van der Waals surface area contributed by atoms with E-state index in [0.29, 0.717) is 6.54 Å². The predicted octanol–water partition coefficient (Wildman–Crippen LogP) is 2.41. The zero-order chi connectivity index (χ0) is 12.3. The molecule has 2 rings (SSSR count). The minimum Gasteiger partial charge on any atom is -0.507 e. The van der Waals surface area contributed by atoms with Crippen molar-refractivity contribution in [1.29, 1.82) is 0 Å². The second-order valence-electron chi connectivity index (χ2n) is 4.03. The molecule has 17 heavy (non-hydrogen) atoms. The molecular weight excluding hydrogens is 214 g/mol. The summed E-state index contributed by atoms with van der Waals surface area (Å²) in [6.45, 7) is 4.37. The number of hydrogen-bond acceptors (Lipinski definition) is 4. The fourth-order valence-corrected chi connectivity index (χ4v) is 1.53. The third-order valence-corrected chi connectivity index (χ3v) is 2.47. The molecule has 0 amide bonds. The predicted molar refractivity (Wildman–Crippen MR) is 66.9 cm³/mol. The van der Waals surface area contributed by atoms with Crippen LogP contribution < -0.4 is 5.32 Å². The number of rotatable bonds is 3. The summed E-state index contributed by atoms with van der Waals surface area (Å²) in [6, 6.07) is 5.55. The first kappa shape index (κ1) is 11.4. The Hall–Kier alpha value is -2.10. The molecule has 0 aliphatic rings. The van der Waals surface area contributed by atoms with Crippen LogP contribution >= 0.6 is 0 Å². The van der Waals surface area contributed by atoms with E-state index in [9.17, 15) is 5.11 Å². The van der Waals surface area contributed by atoms with Gasteiger partial charge in [-0.1, -0.05) is 0 Å². The zero-order valence-corrected chi connectivity index (χ0v) is 9.94. The Kier molecular flexibility index (Phi) is 3.23. The normalized spacial score (nSPS) is 10.2. The average Bonchev–Trinajstić information content (AvgIpc) is 2.28. The van der Waals surface area contributed by atoms with Crippen LogP contribution in [0, 0.1) is 13.8 Å². The third kappa shape index (κ3) is 2.93. The molecular formula is C13H15N3O. The van der Waals surface area contributed by atoms with Gasteiger partial charge in [0, 0.05) is 36.3 Å². The number of aromatic nitrogens is 2. The molecule has 0 atom stereocenters. The molecule has 4 heteroatoms. The van der Waals surface area contributed by atoms with Crippen molar-refractivity contribution >= 4 is 5.82 Å². The average molecular weight is 229 g/mol. The van der Waals surface area contributed by atoms with Gasteiger partial charge in [-0.25, -0.2) is 4.98 Å². The molecule has 0 bridgehead atoms. The molecule has 0 radical (unpaired) electrons. The van der Waals surface area contributed by atoms with E-state index in [1.807, 2.05) is 26.0 Å². The molecule has 2 heterocycles. The fourth-order valence-electron chi connectivity index (χ4n) is 1.53. The minimum atomic E-state index is 0.262. The van der Waals surface area contributed by atoms with Crippen LogP contribution in [-0.4, -0.2) is 15.1 Å². The summed E-state index contributed by atoms with van der Waals surface area (Å²) >= 11 is 0. The molecule has 0 aliphatic heterocycles. The second kappa shape index (κ2) is 4.82. The Morgan fingerprint density at radius 3 is 2.76 bits per heavy atom. The standard InChI is InChI=1S/C13H15N3O/c1-9-3-4-14-13(5-9)16-8-11-7-15-10(2)6-12(11)17/h3-7H,8H2,1-2H3,(H,14,16)(H,15,17). The molecule has 0 unspecified atom stereocenters. The van der Waals surface area contributed by atoms with Crippen molar-refractivity contribution in [2.45, 2.75) is 20.4 Å². The van der Waals surface area contributed by atoms with Crippen LogP contribution in [0.4, 0.5) is 5.82 Å². The number of anilines is 1. The van der Waals surface area contributed by atoms with Crippen LogP contribution in [0.15, 0.2) is 30.6 Å². The van der Waals surface area contributed by atoms with Gasteiger partial charge in [0.1, 0.15) is 11.6 Å². The number of aryl methyl sites for hydroxylation is 2. The van der Waals surface area contributed by atoms with Gasteiger partial charge in [-0.2, -0.15) is 0 Å². The Labute approximate surface area is 100 Å². The fraction of sp³-hybridized carbons (Fsp3) is 0.231. The highest BCUT2D eigenvalue weighted by molar-refractivity contribution is 5.40. The molecule has 0 fully saturated rings. The van der Waals surface area contributed by atoms with Crippen LogP contribution in [0.2, 0.25) is 0 Å². The number of nitrogens with zero attached hydrogens (tertiary/aromatic N) is 2. The summed E-state index contributed by atoms with van der Waals surface area (Å²) in [7, 11) is 0. The van der Waals surface area contributed by atoms with Gasteiger partial charge < -0.3 is 10.4 Å². The third-order valence-electron chi connectivity index (χ3n) is 2.47. The lowest BCUT2D eigenvalue weighted by atomic mass is 10.2. The Balaban J connectivity index is 2.07. The van der Waals surface area contributed by atoms with Gasteiger partial charge >= 0.3 is 0 Å². The molecule has 0 saturated carbocycles. The van der Waals surface area contributed by atoms with Gasteiger partial charge in [-0.05, 0) is 31.5 Å². The van der Waals surface area contributed by atoms with Crippen molar-refractivity contribution in [1.82, 2.24) is 9.97 Å². The highest BCUT2D eigenvalue weighted by Crippen LogP contribution is 2.17. The summed E-state index contributed by atoms with van der Waals surface area (Å²) in [5.41, 5.74) is 2.72. The maximum absolute atomic E-state index is 9.72. The van der Waals surface area contributed by atoms with Crippen molar-refractivity contribution < 1.29 is 5.11 Å². The number of pyridine rings is 2. The van der Waals surface area contributed by atoms with Crippen LogP contribution in [0.1, 0.15) is 16.8 Å². The van der Waals surface area contributed by atoms with E-state index >= 15 is 0 Å². The largest absolute Gasteiger partial charge is 0.507 e. The first-order chi connectivity index (χ1) is 8.15. The minimum absolute atomic E-state index is 0.262. The van der Waals surface area contributed by atoms with Gasteiger partial charge in [-0.3, -0.25) is 4.98 Å². The van der Waals surface area contributed by atoms with Crippen molar-refractivity contribution in [2.24, 2.45) is 0 Å². The molecule has 4 nitrogen and oxygen atoms in total. The zero-order valence-electron chi connectivity index (χ0n) is 9.94. The van der Waals surface area contributed by atoms with E-state index in [-0.39, 0.29) is 5.75 Å². The molecule has 0 aliphatic carbocycles. The van der Waals surface area contributed by atoms with E-state index in [4.69, 9.17) is 0 Å². The Morgan fingerprint density at radius 1 is 1.24 bits per heavy atom. The number of nitrogens with one attached hydrogen (secondary N) is 1. The van der Waals surface area contributed by atoms with Gasteiger partial charge in [0.05, 0.1) is 0 Å². The number of aromatic hydroxyl groups is 1. The molecule has 2 aromatic rings. The van der Waals surface area contributed by atoms with Crippen LogP contribution in [0.5, 0.6) is 5.75 Å². The van der Waals surface area contributed by atoms with Crippen molar-refractivity contribution in [3.63, 3.8) is 0 Å². The Morgan fingerprint density at radius 2 is 2.06 bits per heavy atom. The summed E-state index contributed by atoms with van der Waals surface area (Å²) < 4.78 is 0. The van der Waals surface area contributed by atoms with Gasteiger partial charge in [0.2, 0.25) is 0 Å². The van der Waals surface area contributed by atoms with E-state index < -0.39 is 0 Å². The molecule has 2 N–H and O–H groups in total. The molecule has 0 saturated heterocycles. The number of hydrogen-bond donors (Lipinski definition) is 2. The molecule has 88 valence electrons. The van der Waals surface area contributed by atoms with Crippen molar-refractivity contribution in [3.05, 3.63) is 47.4 Å². The summed E-state index contributed by atoms with van der Waals surface area (Å²) in [4.78, 5) is 8.34. The first-order valence-corrected chi connectivity index (χ1v) is 5.46. The maximum atomic E-state index is 9.72. The van der Waals surface area contributed by atoms with Crippen molar-refractivity contribution in [3.8, 4) is 5.75 Å². The molecule has 2 aromatic heterocycles. The summed E-state index contributed by atoms with van der Waals surface area (Å²) in [5, 5.41) is 12.9. The van der Waals surface area contributed by atoms with Crippen LogP contribution in [0.25, 0.3) is 0 Å². The smallest absolute Gasteiger partial charge is 0.126 e. The summed E-state index contributed by atoms with van der Waals surface area (Å²) in [5.74, 6) is 1.06. The van der Waals surface area contributed by atoms with Crippen LogP contribution in [0.3, 0.4) is 0 Å². The second-order valence-corrected chi connectivity index (χ2v) is 4.03. The topological polar surface area (TPSA) is 58.0 Å². The first-order valence-electron chi connectivity index (χ1n) is 5.46. The summed E-state index contributed by atoms with van der Waals surface area (Å²) in [6.07, 6.45) is 3.43. The van der Waals surface area contributed by atoms with Gasteiger partial charge in [0.15, 0.2) is 0 Å². The van der Waals surface area contributed by atoms with E-state index in [0.717, 1.165) is 22.6 Å². The van der Waals surface area contributed by atoms with Crippen LogP contribution in [-0.2, 0) is 6.54 Å². The van der Waals surface area contributed by atoms with E-state index in [1.54, 1.807) is 18.5 Å². The monoisotopic (exact) mass is 229 g/mol. The lowest BCUT2D eigenvalue weighted by molar-refractivity contribution is 0.467. The van der Waals surface area contributed by atoms with Gasteiger partial charge in [-0.15, -0.1) is 0 Å². The van der Waals surface area contributed by atoms with Crippen molar-refractivity contribution in [2.75, 3.05) is 5.32 Å². The van der Waals surface area contributed by atoms with E-state index in [2.05, 4.69) is 15.3 Å². The molecule has 0 spiro atoms. The van der Waals surface area contributed by atoms with Gasteiger partial charge in [0.25, 0.3) is 0 Å². The lowest BCUT2D eigenvalue weighted by Gasteiger charge is -2.07. The maximum Gasteiger partial charge on any atom is 0.126 e. The molecule has 0 aromatic carbocycles. The quantitative estimate of drug-likeness (QED) is 0.848. The Bertz CT molecular complexity index is 526. The lowest BCUT2D eigenvalue weighted by Crippen LogP contribution is -2.02. The van der Waals surface area contributed by atoms with E-state index in [1.165, 1.54) is 0 Å².